The first-order valence-electron chi connectivity index (χ1n) is 11.7. The van der Waals surface area contributed by atoms with Gasteiger partial charge < -0.3 is 9.30 Å². The lowest BCUT2D eigenvalue weighted by molar-refractivity contribution is -0.131. The third-order valence-electron chi connectivity index (χ3n) is 5.88. The number of rotatable bonds is 9. The first-order chi connectivity index (χ1) is 16.6. The summed E-state index contributed by atoms with van der Waals surface area (Å²) in [5.74, 6) is 0.320. The van der Waals surface area contributed by atoms with Gasteiger partial charge in [-0.3, -0.25) is 9.59 Å². The molecule has 34 heavy (non-hydrogen) atoms. The Balaban J connectivity index is 1.47. The molecular weight excluding hydrogens is 422 g/mol. The van der Waals surface area contributed by atoms with Crippen molar-refractivity contribution in [2.75, 3.05) is 0 Å². The number of benzene rings is 3. The average Bonchev–Trinajstić information content (AvgIpc) is 2.85. The van der Waals surface area contributed by atoms with Gasteiger partial charge in [-0.2, -0.15) is 0 Å². The summed E-state index contributed by atoms with van der Waals surface area (Å²) in [6, 6.07) is 32.0. The second-order valence-corrected chi connectivity index (χ2v) is 8.45. The molecule has 4 heteroatoms. The predicted octanol–water partition coefficient (Wildman–Crippen LogP) is 5.98. The molecule has 0 radical (unpaired) electrons. The van der Waals surface area contributed by atoms with Crippen molar-refractivity contribution in [2.24, 2.45) is 0 Å². The van der Waals surface area contributed by atoms with E-state index in [1.807, 2.05) is 47.2 Å². The van der Waals surface area contributed by atoms with Crippen LogP contribution < -0.4 is 10.3 Å². The molecule has 0 aliphatic carbocycles. The molecule has 172 valence electrons. The number of carbonyl (C=O) groups is 1. The van der Waals surface area contributed by atoms with Crippen molar-refractivity contribution in [1.29, 1.82) is 0 Å². The molecule has 4 rings (SSSR count). The number of unbranched alkanes of at least 4 members (excludes halogenated alkanes) is 1. The molecule has 0 saturated carbocycles. The molecular formula is C30H29NO3. The molecule has 1 aromatic heterocycles. The fraction of sp³-hybridized carbons (Fsp3) is 0.200. The molecule has 0 fully saturated rings. The first-order valence-corrected chi connectivity index (χ1v) is 11.7. The number of ether oxygens (including phenoxy) is 1. The minimum atomic E-state index is -0.319. The first kappa shape index (κ1) is 23.2. The molecule has 0 bridgehead atoms. The number of nitrogens with zero attached hydrogens (tertiary/aromatic N) is 1. The van der Waals surface area contributed by atoms with Crippen LogP contribution in [0.3, 0.4) is 0 Å². The van der Waals surface area contributed by atoms with Crippen molar-refractivity contribution >= 4 is 5.97 Å². The van der Waals surface area contributed by atoms with Gasteiger partial charge in [0.2, 0.25) is 0 Å². The number of carbonyl (C=O) groups excluding carboxylic acids is 1. The maximum atomic E-state index is 12.6. The lowest BCUT2D eigenvalue weighted by Crippen LogP contribution is -2.20. The van der Waals surface area contributed by atoms with E-state index >= 15 is 0 Å². The van der Waals surface area contributed by atoms with Gasteiger partial charge in [0.1, 0.15) is 5.75 Å². The van der Waals surface area contributed by atoms with E-state index in [9.17, 15) is 9.59 Å². The summed E-state index contributed by atoms with van der Waals surface area (Å²) in [7, 11) is 0. The quantitative estimate of drug-likeness (QED) is 0.179. The molecule has 4 aromatic rings. The Morgan fingerprint density at radius 3 is 2.12 bits per heavy atom. The van der Waals surface area contributed by atoms with Crippen molar-refractivity contribution in [3.63, 3.8) is 0 Å². The van der Waals surface area contributed by atoms with Gasteiger partial charge in [-0.15, -0.1) is 0 Å². The van der Waals surface area contributed by atoms with Crippen LogP contribution >= 0.6 is 0 Å². The van der Waals surface area contributed by atoms with Crippen LogP contribution in [-0.4, -0.2) is 10.5 Å². The van der Waals surface area contributed by atoms with Gasteiger partial charge in [-0.05, 0) is 53.6 Å². The summed E-state index contributed by atoms with van der Waals surface area (Å²) in [6.07, 6.45) is 4.68. The van der Waals surface area contributed by atoms with Crippen LogP contribution in [0.2, 0.25) is 0 Å². The van der Waals surface area contributed by atoms with E-state index in [2.05, 4.69) is 48.5 Å². The van der Waals surface area contributed by atoms with E-state index in [-0.39, 0.29) is 17.4 Å². The summed E-state index contributed by atoms with van der Waals surface area (Å²) in [5, 5.41) is 0. The number of esters is 1. The van der Waals surface area contributed by atoms with Gasteiger partial charge in [-0.1, -0.05) is 78.9 Å². The number of hydrogen-bond donors (Lipinski definition) is 0. The Hall–Kier alpha value is -3.92. The van der Waals surface area contributed by atoms with Crippen LogP contribution in [0.1, 0.15) is 47.9 Å². The van der Waals surface area contributed by atoms with Gasteiger partial charge in [0.25, 0.3) is 5.56 Å². The van der Waals surface area contributed by atoms with Crippen molar-refractivity contribution in [2.45, 2.75) is 38.6 Å². The maximum absolute atomic E-state index is 12.6. The van der Waals surface area contributed by atoms with Gasteiger partial charge in [-0.25, -0.2) is 0 Å². The highest BCUT2D eigenvalue weighted by atomic mass is 16.5. The molecule has 0 N–H and O–H groups in total. The minimum absolute atomic E-state index is 0.0143. The van der Waals surface area contributed by atoms with Crippen molar-refractivity contribution in [1.82, 2.24) is 4.57 Å². The van der Waals surface area contributed by atoms with Crippen molar-refractivity contribution in [3.8, 4) is 5.75 Å². The fourth-order valence-corrected chi connectivity index (χ4v) is 4.31. The number of pyridine rings is 1. The van der Waals surface area contributed by atoms with E-state index < -0.39 is 0 Å². The predicted molar refractivity (Wildman–Crippen MR) is 135 cm³/mol. The Morgan fingerprint density at radius 2 is 1.47 bits per heavy atom. The molecule has 0 atom stereocenters. The summed E-state index contributed by atoms with van der Waals surface area (Å²) in [4.78, 5) is 23.8. The summed E-state index contributed by atoms with van der Waals surface area (Å²) < 4.78 is 6.99. The molecule has 1 heterocycles. The zero-order valence-electron chi connectivity index (χ0n) is 19.4. The fourth-order valence-electron chi connectivity index (χ4n) is 4.31. The van der Waals surface area contributed by atoms with E-state index in [0.717, 1.165) is 30.4 Å². The topological polar surface area (TPSA) is 48.3 Å². The molecule has 0 aliphatic rings. The third kappa shape index (κ3) is 6.10. The highest BCUT2D eigenvalue weighted by molar-refractivity contribution is 5.69. The van der Waals surface area contributed by atoms with E-state index in [4.69, 9.17) is 4.74 Å². The van der Waals surface area contributed by atoms with Crippen LogP contribution in [0, 0.1) is 0 Å². The lowest BCUT2D eigenvalue weighted by atomic mass is 9.86. The molecule has 3 aromatic carbocycles. The Bertz CT molecular complexity index is 1240. The number of aryl methyl sites for hydroxylation is 2. The van der Waals surface area contributed by atoms with E-state index in [1.165, 1.54) is 18.1 Å². The molecule has 0 amide bonds. The Morgan fingerprint density at radius 1 is 0.794 bits per heavy atom. The lowest BCUT2D eigenvalue weighted by Gasteiger charge is -2.20. The largest absolute Gasteiger partial charge is 0.427 e. The van der Waals surface area contributed by atoms with E-state index in [0.29, 0.717) is 12.3 Å². The van der Waals surface area contributed by atoms with E-state index in [1.54, 1.807) is 12.1 Å². The van der Waals surface area contributed by atoms with Crippen LogP contribution in [-0.2, 0) is 17.8 Å². The highest BCUT2D eigenvalue weighted by Gasteiger charge is 2.17. The van der Waals surface area contributed by atoms with Crippen LogP contribution in [0.5, 0.6) is 5.75 Å². The molecule has 0 spiro atoms. The van der Waals surface area contributed by atoms with Crippen LogP contribution in [0.25, 0.3) is 0 Å². The normalized spacial score (nSPS) is 10.9. The summed E-state index contributed by atoms with van der Waals surface area (Å²) in [6.45, 7) is 2.06. The second-order valence-electron chi connectivity index (χ2n) is 8.45. The number of hydrogen-bond acceptors (Lipinski definition) is 3. The van der Waals surface area contributed by atoms with Crippen LogP contribution in [0.15, 0.2) is 108 Å². The highest BCUT2D eigenvalue weighted by Crippen LogP contribution is 2.31. The SMILES string of the molecule is CC(=O)Oc1cccc(CCCCn2cc(C(c3ccccc3)c3ccccc3)ccc2=O)c1. The summed E-state index contributed by atoms with van der Waals surface area (Å²) >= 11 is 0. The molecule has 0 unspecified atom stereocenters. The minimum Gasteiger partial charge on any atom is -0.427 e. The average molecular weight is 452 g/mol. The second kappa shape index (κ2) is 11.3. The zero-order valence-corrected chi connectivity index (χ0v) is 19.4. The smallest absolute Gasteiger partial charge is 0.308 e. The Labute approximate surface area is 200 Å². The van der Waals surface area contributed by atoms with Crippen LogP contribution in [0.4, 0.5) is 0 Å². The standard InChI is InChI=1S/C30H29NO3/c1-23(32)34-28-17-10-12-24(21-28)11-8-9-20-31-22-27(18-19-29(31)33)30(25-13-4-2-5-14-25)26-15-6-3-7-16-26/h2-7,10,12-19,21-22,30H,8-9,11,20H2,1H3. The van der Waals surface area contributed by atoms with Crippen molar-refractivity contribution in [3.05, 3.63) is 136 Å². The molecule has 0 saturated heterocycles. The van der Waals surface area contributed by atoms with Gasteiger partial charge in [0.15, 0.2) is 0 Å². The third-order valence-corrected chi connectivity index (χ3v) is 5.88. The van der Waals surface area contributed by atoms with Gasteiger partial charge in [0, 0.05) is 31.6 Å². The molecule has 4 nitrogen and oxygen atoms in total. The zero-order chi connectivity index (χ0) is 23.8. The number of aromatic nitrogens is 1. The van der Waals surface area contributed by atoms with Gasteiger partial charge in [0.05, 0.1) is 0 Å². The van der Waals surface area contributed by atoms with Gasteiger partial charge >= 0.3 is 5.97 Å². The van der Waals surface area contributed by atoms with Crippen molar-refractivity contribution < 1.29 is 9.53 Å². The monoisotopic (exact) mass is 451 g/mol. The summed E-state index contributed by atoms with van der Waals surface area (Å²) in [5.41, 5.74) is 4.64. The Kier molecular flexibility index (Phi) is 7.71. The maximum Gasteiger partial charge on any atom is 0.308 e. The molecule has 0 aliphatic heterocycles.